The van der Waals surface area contributed by atoms with Gasteiger partial charge in [0.2, 0.25) is 0 Å². The SMILES string of the molecule is CC[C@@H](C)c1nc2ccc(Br)cc2c(=O)n1N=Cc1cc(Cl)c(OC(C)=O)c(Br)c1. The third kappa shape index (κ3) is 4.82. The first kappa shape index (κ1) is 22.7. The monoisotopic (exact) mass is 553 g/mol. The van der Waals surface area contributed by atoms with Gasteiger partial charge < -0.3 is 4.74 Å². The van der Waals surface area contributed by atoms with Crippen molar-refractivity contribution < 1.29 is 9.53 Å². The predicted molar refractivity (Wildman–Crippen MR) is 126 cm³/mol. The highest BCUT2D eigenvalue weighted by Crippen LogP contribution is 2.34. The first-order valence-corrected chi connectivity index (χ1v) is 11.1. The number of hydrogen-bond donors (Lipinski definition) is 0. The van der Waals surface area contributed by atoms with E-state index in [9.17, 15) is 9.59 Å². The number of rotatable bonds is 5. The summed E-state index contributed by atoms with van der Waals surface area (Å²) in [6.07, 6.45) is 2.32. The average molecular weight is 556 g/mol. The fourth-order valence-electron chi connectivity index (χ4n) is 2.80. The second-order valence-corrected chi connectivity index (χ2v) is 8.89. The van der Waals surface area contributed by atoms with Gasteiger partial charge in [0.25, 0.3) is 5.56 Å². The lowest BCUT2D eigenvalue weighted by molar-refractivity contribution is -0.131. The summed E-state index contributed by atoms with van der Waals surface area (Å²) in [6.45, 7) is 5.33. The van der Waals surface area contributed by atoms with E-state index in [-0.39, 0.29) is 22.2 Å². The molecule has 0 bridgehead atoms. The van der Waals surface area contributed by atoms with Crippen molar-refractivity contribution in [3.63, 3.8) is 0 Å². The largest absolute Gasteiger partial charge is 0.424 e. The van der Waals surface area contributed by atoms with E-state index in [1.165, 1.54) is 17.8 Å². The maximum absolute atomic E-state index is 13.1. The summed E-state index contributed by atoms with van der Waals surface area (Å²) in [5.41, 5.74) is 0.995. The summed E-state index contributed by atoms with van der Waals surface area (Å²) < 4.78 is 7.72. The molecular weight excluding hydrogens is 538 g/mol. The molecule has 0 N–H and O–H groups in total. The second-order valence-electron chi connectivity index (χ2n) is 6.71. The topological polar surface area (TPSA) is 73.6 Å². The van der Waals surface area contributed by atoms with Gasteiger partial charge in [-0.2, -0.15) is 9.78 Å². The molecule has 1 heterocycles. The molecule has 0 aliphatic carbocycles. The molecule has 0 spiro atoms. The third-order valence-corrected chi connectivity index (χ3v) is 5.84. The lowest BCUT2D eigenvalue weighted by Crippen LogP contribution is -2.23. The van der Waals surface area contributed by atoms with Gasteiger partial charge >= 0.3 is 5.97 Å². The van der Waals surface area contributed by atoms with Crippen LogP contribution in [0.5, 0.6) is 5.75 Å². The van der Waals surface area contributed by atoms with Crippen LogP contribution in [0.2, 0.25) is 5.02 Å². The Hall–Kier alpha value is -2.03. The van der Waals surface area contributed by atoms with Crippen LogP contribution in [0.15, 0.2) is 49.2 Å². The molecule has 0 radical (unpaired) electrons. The molecule has 0 unspecified atom stereocenters. The number of hydrogen-bond acceptors (Lipinski definition) is 5. The number of halogens is 3. The van der Waals surface area contributed by atoms with E-state index in [1.807, 2.05) is 26.0 Å². The minimum atomic E-state index is -0.475. The van der Waals surface area contributed by atoms with Crippen LogP contribution in [-0.4, -0.2) is 21.8 Å². The number of fused-ring (bicyclic) bond motifs is 1. The lowest BCUT2D eigenvalue weighted by atomic mass is 10.1. The van der Waals surface area contributed by atoms with Crippen molar-refractivity contribution in [2.24, 2.45) is 5.10 Å². The number of ether oxygens (including phenoxy) is 1. The number of aromatic nitrogens is 2. The van der Waals surface area contributed by atoms with E-state index in [0.29, 0.717) is 26.8 Å². The van der Waals surface area contributed by atoms with Crippen molar-refractivity contribution in [3.8, 4) is 5.75 Å². The van der Waals surface area contributed by atoms with E-state index in [4.69, 9.17) is 16.3 Å². The molecule has 0 saturated heterocycles. The minimum Gasteiger partial charge on any atom is -0.424 e. The zero-order valence-corrected chi connectivity index (χ0v) is 20.4. The van der Waals surface area contributed by atoms with Crippen LogP contribution in [0.25, 0.3) is 10.9 Å². The Morgan fingerprint density at radius 3 is 2.70 bits per heavy atom. The van der Waals surface area contributed by atoms with Crippen LogP contribution in [0.4, 0.5) is 0 Å². The summed E-state index contributed by atoms with van der Waals surface area (Å²) in [7, 11) is 0. The summed E-state index contributed by atoms with van der Waals surface area (Å²) in [4.78, 5) is 29.1. The van der Waals surface area contributed by atoms with E-state index >= 15 is 0 Å². The zero-order valence-electron chi connectivity index (χ0n) is 16.4. The minimum absolute atomic E-state index is 0.0320. The molecule has 3 aromatic rings. The number of nitrogens with zero attached hydrogens (tertiary/aromatic N) is 3. The van der Waals surface area contributed by atoms with Crippen LogP contribution in [0.3, 0.4) is 0 Å². The maximum atomic E-state index is 13.1. The van der Waals surface area contributed by atoms with Crippen LogP contribution < -0.4 is 10.3 Å². The Labute approximate surface area is 195 Å². The average Bonchev–Trinajstić information content (AvgIpc) is 2.69. The molecule has 9 heteroatoms. The maximum Gasteiger partial charge on any atom is 0.308 e. The van der Waals surface area contributed by atoms with Gasteiger partial charge in [0.1, 0.15) is 5.82 Å². The molecular formula is C21H18Br2ClN3O3. The molecule has 0 fully saturated rings. The summed E-state index contributed by atoms with van der Waals surface area (Å²) >= 11 is 13.0. The molecule has 156 valence electrons. The molecule has 2 aromatic carbocycles. The Morgan fingerprint density at radius 1 is 1.33 bits per heavy atom. The number of esters is 1. The highest BCUT2D eigenvalue weighted by atomic mass is 79.9. The predicted octanol–water partition coefficient (Wildman–Crippen LogP) is 5.90. The highest BCUT2D eigenvalue weighted by molar-refractivity contribution is 9.10. The molecule has 0 aliphatic heterocycles. The van der Waals surface area contributed by atoms with Crippen molar-refractivity contribution in [1.82, 2.24) is 9.66 Å². The van der Waals surface area contributed by atoms with E-state index in [0.717, 1.165) is 10.9 Å². The Bertz CT molecular complexity index is 1200. The Kier molecular flexibility index (Phi) is 7.10. The van der Waals surface area contributed by atoms with Crippen LogP contribution in [0, 0.1) is 0 Å². The first-order chi connectivity index (χ1) is 14.2. The van der Waals surface area contributed by atoms with E-state index in [2.05, 4.69) is 41.9 Å². The molecule has 0 saturated carbocycles. The molecule has 1 aromatic heterocycles. The Morgan fingerprint density at radius 2 is 2.07 bits per heavy atom. The van der Waals surface area contributed by atoms with E-state index in [1.54, 1.807) is 18.2 Å². The van der Waals surface area contributed by atoms with Gasteiger partial charge in [0.15, 0.2) is 5.75 Å². The first-order valence-electron chi connectivity index (χ1n) is 9.15. The standard InChI is InChI=1S/C21H18Br2ClN3O3/c1-4-11(2)20-26-18-6-5-14(22)9-15(18)21(29)27(20)25-10-13-7-16(23)19(17(24)8-13)30-12(3)28/h5-11H,4H2,1-3H3/t11-/m1/s1. The normalized spacial score (nSPS) is 12.5. The van der Waals surface area contributed by atoms with Crippen molar-refractivity contribution in [1.29, 1.82) is 0 Å². The molecule has 6 nitrogen and oxygen atoms in total. The number of carbonyl (C=O) groups is 1. The van der Waals surface area contributed by atoms with Crippen LogP contribution in [-0.2, 0) is 4.79 Å². The second kappa shape index (κ2) is 9.41. The Balaban J connectivity index is 2.12. The van der Waals surface area contributed by atoms with Gasteiger partial charge in [-0.15, -0.1) is 0 Å². The fourth-order valence-corrected chi connectivity index (χ4v) is 4.10. The summed E-state index contributed by atoms with van der Waals surface area (Å²) in [6, 6.07) is 8.70. The van der Waals surface area contributed by atoms with Gasteiger partial charge in [-0.3, -0.25) is 9.59 Å². The van der Waals surface area contributed by atoms with Crippen molar-refractivity contribution in [3.05, 3.63) is 66.0 Å². The quantitative estimate of drug-likeness (QED) is 0.223. The van der Waals surface area contributed by atoms with Crippen LogP contribution in [0.1, 0.15) is 44.5 Å². The third-order valence-electron chi connectivity index (χ3n) is 4.48. The van der Waals surface area contributed by atoms with Crippen molar-refractivity contribution in [2.45, 2.75) is 33.1 Å². The molecule has 0 amide bonds. The highest BCUT2D eigenvalue weighted by Gasteiger charge is 2.16. The van der Waals surface area contributed by atoms with Gasteiger partial charge in [-0.25, -0.2) is 4.98 Å². The van der Waals surface area contributed by atoms with Crippen molar-refractivity contribution >= 4 is 66.5 Å². The lowest BCUT2D eigenvalue weighted by Gasteiger charge is -2.14. The fraction of sp³-hybridized carbons (Fsp3) is 0.238. The molecule has 3 rings (SSSR count). The van der Waals surface area contributed by atoms with Gasteiger partial charge in [-0.05, 0) is 58.2 Å². The molecule has 1 atom stereocenters. The van der Waals surface area contributed by atoms with Crippen LogP contribution >= 0.6 is 43.5 Å². The van der Waals surface area contributed by atoms with Gasteiger partial charge in [-0.1, -0.05) is 41.4 Å². The number of benzene rings is 2. The zero-order chi connectivity index (χ0) is 22.0. The van der Waals surface area contributed by atoms with Gasteiger partial charge in [0.05, 0.1) is 26.6 Å². The van der Waals surface area contributed by atoms with E-state index < -0.39 is 5.97 Å². The summed E-state index contributed by atoms with van der Waals surface area (Å²) in [5, 5.41) is 5.13. The molecule has 30 heavy (non-hydrogen) atoms. The molecule has 0 aliphatic rings. The number of carbonyl (C=O) groups excluding carboxylic acids is 1. The van der Waals surface area contributed by atoms with Gasteiger partial charge in [0, 0.05) is 17.3 Å². The smallest absolute Gasteiger partial charge is 0.308 e. The van der Waals surface area contributed by atoms with Crippen molar-refractivity contribution in [2.75, 3.05) is 0 Å². The summed E-state index contributed by atoms with van der Waals surface area (Å²) in [5.74, 6) is 0.369.